The van der Waals surface area contributed by atoms with Crippen LogP contribution in [-0.2, 0) is 22.7 Å². The second kappa shape index (κ2) is 10.9. The Bertz CT molecular complexity index is 775. The number of carboxylic acids is 2. The Kier molecular flexibility index (Phi) is 8.63. The third-order valence-corrected chi connectivity index (χ3v) is 5.15. The van der Waals surface area contributed by atoms with E-state index in [9.17, 15) is 0 Å². The maximum Gasteiger partial charge on any atom is 0.414 e. The Labute approximate surface area is 173 Å². The van der Waals surface area contributed by atoms with Gasteiger partial charge in [-0.25, -0.2) is 9.59 Å². The molecule has 0 atom stereocenters. The van der Waals surface area contributed by atoms with Crippen molar-refractivity contribution in [2.24, 2.45) is 0 Å². The Morgan fingerprint density at radius 2 is 1.36 bits per heavy atom. The first-order valence-corrected chi connectivity index (χ1v) is 9.84. The van der Waals surface area contributed by atoms with Gasteiger partial charge in [-0.2, -0.15) is 0 Å². The highest BCUT2D eigenvalue weighted by molar-refractivity contribution is 9.10. The quantitative estimate of drug-likeness (QED) is 0.698. The summed E-state index contributed by atoms with van der Waals surface area (Å²) >= 11 is 3.50. The van der Waals surface area contributed by atoms with Crippen LogP contribution in [0, 0.1) is 6.92 Å². The van der Waals surface area contributed by atoms with E-state index in [1.54, 1.807) is 0 Å². The molecule has 3 rings (SSSR count). The standard InChI is InChI=1S/C19H23BrN2.C2H2O4/c1-16-4-2-3-5-18(16)15-22-12-10-21(11-13-22)14-17-6-8-19(20)9-7-17;3-1(4)2(5)6/h2-9H,10-15H2,1H3;(H,3,4)(H,5,6). The fraction of sp³-hybridized carbons (Fsp3) is 0.333. The molecule has 0 aliphatic carbocycles. The second-order valence-corrected chi connectivity index (χ2v) is 7.63. The Morgan fingerprint density at radius 1 is 0.857 bits per heavy atom. The third-order valence-electron chi connectivity index (χ3n) is 4.62. The fourth-order valence-corrected chi connectivity index (χ4v) is 3.25. The van der Waals surface area contributed by atoms with Crippen LogP contribution in [0.3, 0.4) is 0 Å². The Morgan fingerprint density at radius 3 is 1.86 bits per heavy atom. The highest BCUT2D eigenvalue weighted by atomic mass is 79.9. The number of rotatable bonds is 4. The number of aryl methyl sites for hydroxylation is 1. The van der Waals surface area contributed by atoms with Crippen LogP contribution >= 0.6 is 15.9 Å². The molecule has 0 radical (unpaired) electrons. The summed E-state index contributed by atoms with van der Waals surface area (Å²) in [6.45, 7) is 8.98. The van der Waals surface area contributed by atoms with E-state index < -0.39 is 11.9 Å². The van der Waals surface area contributed by atoms with Crippen LogP contribution in [0.4, 0.5) is 0 Å². The average molecular weight is 449 g/mol. The molecule has 0 amide bonds. The number of nitrogens with zero attached hydrogens (tertiary/aromatic N) is 2. The van der Waals surface area contributed by atoms with E-state index in [4.69, 9.17) is 19.8 Å². The lowest BCUT2D eigenvalue weighted by atomic mass is 10.1. The molecule has 0 aromatic heterocycles. The number of hydrogen-bond donors (Lipinski definition) is 2. The first-order valence-electron chi connectivity index (χ1n) is 9.05. The van der Waals surface area contributed by atoms with Gasteiger partial charge >= 0.3 is 11.9 Å². The summed E-state index contributed by atoms with van der Waals surface area (Å²) in [7, 11) is 0. The molecule has 0 saturated carbocycles. The maximum atomic E-state index is 9.10. The summed E-state index contributed by atoms with van der Waals surface area (Å²) < 4.78 is 1.15. The minimum Gasteiger partial charge on any atom is -0.473 e. The number of halogens is 1. The third kappa shape index (κ3) is 7.42. The number of aliphatic carboxylic acids is 2. The molecule has 1 aliphatic heterocycles. The molecule has 7 heteroatoms. The predicted molar refractivity (Wildman–Crippen MR) is 111 cm³/mol. The van der Waals surface area contributed by atoms with E-state index in [1.165, 1.54) is 16.7 Å². The van der Waals surface area contributed by atoms with Crippen LogP contribution in [0.2, 0.25) is 0 Å². The molecule has 0 spiro atoms. The zero-order chi connectivity index (χ0) is 20.5. The van der Waals surface area contributed by atoms with E-state index in [1.807, 2.05) is 0 Å². The van der Waals surface area contributed by atoms with E-state index >= 15 is 0 Å². The van der Waals surface area contributed by atoms with E-state index in [2.05, 4.69) is 81.2 Å². The lowest BCUT2D eigenvalue weighted by molar-refractivity contribution is -0.159. The van der Waals surface area contributed by atoms with Gasteiger partial charge in [-0.05, 0) is 35.7 Å². The van der Waals surface area contributed by atoms with Crippen molar-refractivity contribution in [1.82, 2.24) is 9.80 Å². The lowest BCUT2D eigenvalue weighted by Gasteiger charge is -2.35. The van der Waals surface area contributed by atoms with Gasteiger partial charge in [0.2, 0.25) is 0 Å². The molecule has 2 aromatic carbocycles. The molecular weight excluding hydrogens is 424 g/mol. The van der Waals surface area contributed by atoms with Crippen LogP contribution in [0.25, 0.3) is 0 Å². The lowest BCUT2D eigenvalue weighted by Crippen LogP contribution is -2.45. The normalized spacial score (nSPS) is 14.8. The number of carbonyl (C=O) groups is 2. The van der Waals surface area contributed by atoms with Gasteiger partial charge in [0, 0.05) is 43.7 Å². The van der Waals surface area contributed by atoms with Crippen molar-refractivity contribution in [3.05, 3.63) is 69.7 Å². The molecular formula is C21H25BrN2O4. The van der Waals surface area contributed by atoms with Gasteiger partial charge in [0.25, 0.3) is 0 Å². The van der Waals surface area contributed by atoms with Gasteiger partial charge in [-0.1, -0.05) is 52.3 Å². The predicted octanol–water partition coefficient (Wildman–Crippen LogP) is 3.23. The van der Waals surface area contributed by atoms with E-state index in [0.717, 1.165) is 43.7 Å². The van der Waals surface area contributed by atoms with Crippen LogP contribution in [0.1, 0.15) is 16.7 Å². The van der Waals surface area contributed by atoms with Gasteiger partial charge in [-0.15, -0.1) is 0 Å². The highest BCUT2D eigenvalue weighted by Gasteiger charge is 2.17. The first kappa shape index (κ1) is 22.1. The van der Waals surface area contributed by atoms with E-state index in [0.29, 0.717) is 0 Å². The van der Waals surface area contributed by atoms with Gasteiger partial charge in [0.05, 0.1) is 0 Å². The minimum atomic E-state index is -1.82. The van der Waals surface area contributed by atoms with Crippen LogP contribution in [0.15, 0.2) is 53.0 Å². The van der Waals surface area contributed by atoms with Crippen LogP contribution < -0.4 is 0 Å². The van der Waals surface area contributed by atoms with Crippen molar-refractivity contribution in [1.29, 1.82) is 0 Å². The van der Waals surface area contributed by atoms with Crippen LogP contribution in [-0.4, -0.2) is 58.1 Å². The molecule has 0 unspecified atom stereocenters. The van der Waals surface area contributed by atoms with Crippen molar-refractivity contribution in [3.8, 4) is 0 Å². The van der Waals surface area contributed by atoms with Crippen molar-refractivity contribution >= 4 is 27.9 Å². The summed E-state index contributed by atoms with van der Waals surface area (Å²) in [6, 6.07) is 17.4. The molecule has 1 aliphatic rings. The van der Waals surface area contributed by atoms with Crippen LogP contribution in [0.5, 0.6) is 0 Å². The zero-order valence-electron chi connectivity index (χ0n) is 15.8. The Balaban J connectivity index is 0.000000409. The largest absolute Gasteiger partial charge is 0.473 e. The molecule has 0 bridgehead atoms. The van der Waals surface area contributed by atoms with Crippen molar-refractivity contribution in [3.63, 3.8) is 0 Å². The zero-order valence-corrected chi connectivity index (χ0v) is 17.4. The molecule has 150 valence electrons. The summed E-state index contributed by atoms with van der Waals surface area (Å²) in [5.74, 6) is -3.65. The van der Waals surface area contributed by atoms with Crippen molar-refractivity contribution < 1.29 is 19.8 Å². The minimum absolute atomic E-state index is 1.06. The molecule has 28 heavy (non-hydrogen) atoms. The maximum absolute atomic E-state index is 9.10. The number of carboxylic acid groups (broad SMARTS) is 2. The highest BCUT2D eigenvalue weighted by Crippen LogP contribution is 2.15. The number of hydrogen-bond acceptors (Lipinski definition) is 4. The smallest absolute Gasteiger partial charge is 0.414 e. The molecule has 1 heterocycles. The van der Waals surface area contributed by atoms with Gasteiger partial charge in [-0.3, -0.25) is 9.80 Å². The fourth-order valence-electron chi connectivity index (χ4n) is 2.98. The molecule has 1 saturated heterocycles. The number of piperazine rings is 1. The second-order valence-electron chi connectivity index (χ2n) is 6.72. The SMILES string of the molecule is Cc1ccccc1CN1CCN(Cc2ccc(Br)cc2)CC1.O=C(O)C(=O)O. The van der Waals surface area contributed by atoms with Gasteiger partial charge < -0.3 is 10.2 Å². The summed E-state index contributed by atoms with van der Waals surface area (Å²) in [5.41, 5.74) is 4.26. The summed E-state index contributed by atoms with van der Waals surface area (Å²) in [4.78, 5) is 23.3. The summed E-state index contributed by atoms with van der Waals surface area (Å²) in [6.07, 6.45) is 0. The number of benzene rings is 2. The average Bonchev–Trinajstić information content (AvgIpc) is 2.67. The Hall–Kier alpha value is -2.22. The molecule has 2 aromatic rings. The van der Waals surface area contributed by atoms with Crippen molar-refractivity contribution in [2.75, 3.05) is 26.2 Å². The molecule has 6 nitrogen and oxygen atoms in total. The first-order chi connectivity index (χ1) is 13.3. The van der Waals surface area contributed by atoms with Gasteiger partial charge in [0.1, 0.15) is 0 Å². The topological polar surface area (TPSA) is 81.1 Å². The van der Waals surface area contributed by atoms with Gasteiger partial charge in [0.15, 0.2) is 0 Å². The van der Waals surface area contributed by atoms with E-state index in [-0.39, 0.29) is 0 Å². The van der Waals surface area contributed by atoms with Crippen molar-refractivity contribution in [2.45, 2.75) is 20.0 Å². The molecule has 2 N–H and O–H groups in total. The molecule has 1 fully saturated rings. The summed E-state index contributed by atoms with van der Waals surface area (Å²) in [5, 5.41) is 14.8. The monoisotopic (exact) mass is 448 g/mol.